The first-order valence-corrected chi connectivity index (χ1v) is 5.85. The van der Waals surface area contributed by atoms with Crippen molar-refractivity contribution in [2.75, 3.05) is 7.11 Å². The van der Waals surface area contributed by atoms with E-state index in [2.05, 4.69) is 15.9 Å². The molecule has 1 aromatic carbocycles. The number of hydrogen-bond donors (Lipinski definition) is 0. The summed E-state index contributed by atoms with van der Waals surface area (Å²) < 4.78 is 10.9. The van der Waals surface area contributed by atoms with E-state index in [1.807, 2.05) is 0 Å². The van der Waals surface area contributed by atoms with Gasteiger partial charge in [-0.25, -0.2) is 0 Å². The topological polar surface area (TPSA) is 39.4 Å². The smallest absolute Gasteiger partial charge is 0.197 e. The molecule has 0 aliphatic heterocycles. The average Bonchev–Trinajstić information content (AvgIpc) is 2.74. The Hall–Kier alpha value is -1.55. The van der Waals surface area contributed by atoms with Crippen molar-refractivity contribution in [2.45, 2.75) is 6.92 Å². The highest BCUT2D eigenvalue weighted by Gasteiger charge is 2.16. The number of ether oxygens (including phenoxy) is 1. The molecular weight excluding hydrogens is 284 g/mol. The van der Waals surface area contributed by atoms with Crippen LogP contribution in [0.1, 0.15) is 21.7 Å². The fraction of sp³-hybridized carbons (Fsp3) is 0.154. The normalized spacial score (nSPS) is 10.3. The van der Waals surface area contributed by atoms with E-state index < -0.39 is 0 Å². The van der Waals surface area contributed by atoms with Gasteiger partial charge in [0.15, 0.2) is 5.78 Å². The first-order valence-electron chi connectivity index (χ1n) is 5.06. The first kappa shape index (κ1) is 11.9. The van der Waals surface area contributed by atoms with E-state index in [9.17, 15) is 4.79 Å². The Morgan fingerprint density at radius 3 is 2.59 bits per heavy atom. The number of rotatable bonds is 3. The molecule has 1 heterocycles. The third-order valence-electron chi connectivity index (χ3n) is 2.52. The van der Waals surface area contributed by atoms with Crippen molar-refractivity contribution in [1.82, 2.24) is 0 Å². The molecule has 0 saturated carbocycles. The van der Waals surface area contributed by atoms with Gasteiger partial charge in [-0.15, -0.1) is 0 Å². The largest absolute Gasteiger partial charge is 0.497 e. The van der Waals surface area contributed by atoms with Crippen LogP contribution in [0.25, 0.3) is 0 Å². The van der Waals surface area contributed by atoms with E-state index in [4.69, 9.17) is 9.15 Å². The molecule has 0 aliphatic carbocycles. The van der Waals surface area contributed by atoms with Crippen LogP contribution in [0.3, 0.4) is 0 Å². The molecule has 0 N–H and O–H groups in total. The van der Waals surface area contributed by atoms with Gasteiger partial charge in [-0.05, 0) is 47.1 Å². The molecule has 0 aliphatic rings. The molecule has 0 atom stereocenters. The minimum absolute atomic E-state index is 0.0641. The number of carbonyl (C=O) groups excluding carboxylic acids is 1. The Bertz CT molecular complexity index is 558. The summed E-state index contributed by atoms with van der Waals surface area (Å²) in [6, 6.07) is 6.93. The van der Waals surface area contributed by atoms with Gasteiger partial charge in [-0.2, -0.15) is 0 Å². The molecule has 2 aromatic rings. The molecule has 0 radical (unpaired) electrons. The molecule has 17 heavy (non-hydrogen) atoms. The van der Waals surface area contributed by atoms with Crippen molar-refractivity contribution in [2.24, 2.45) is 0 Å². The average molecular weight is 295 g/mol. The van der Waals surface area contributed by atoms with Gasteiger partial charge >= 0.3 is 0 Å². The zero-order valence-corrected chi connectivity index (χ0v) is 11.1. The molecule has 0 unspecified atom stereocenters. The van der Waals surface area contributed by atoms with Gasteiger partial charge in [0.25, 0.3) is 0 Å². The molecule has 0 amide bonds. The lowest BCUT2D eigenvalue weighted by atomic mass is 10.0. The van der Waals surface area contributed by atoms with Gasteiger partial charge in [0.05, 0.1) is 18.9 Å². The van der Waals surface area contributed by atoms with Gasteiger partial charge in [0.1, 0.15) is 11.5 Å². The van der Waals surface area contributed by atoms with E-state index >= 15 is 0 Å². The van der Waals surface area contributed by atoms with E-state index in [1.54, 1.807) is 38.3 Å². The molecule has 0 spiro atoms. The molecule has 0 saturated heterocycles. The number of hydrogen-bond acceptors (Lipinski definition) is 3. The van der Waals surface area contributed by atoms with Crippen molar-refractivity contribution < 1.29 is 13.9 Å². The molecule has 88 valence electrons. The molecule has 0 bridgehead atoms. The van der Waals surface area contributed by atoms with Crippen LogP contribution in [0, 0.1) is 6.92 Å². The highest BCUT2D eigenvalue weighted by molar-refractivity contribution is 9.10. The van der Waals surface area contributed by atoms with Gasteiger partial charge < -0.3 is 9.15 Å². The monoisotopic (exact) mass is 294 g/mol. The second kappa shape index (κ2) is 4.75. The summed E-state index contributed by atoms with van der Waals surface area (Å²) in [7, 11) is 1.59. The van der Waals surface area contributed by atoms with Crippen molar-refractivity contribution in [3.8, 4) is 5.75 Å². The van der Waals surface area contributed by atoms with Crippen LogP contribution in [0.15, 0.2) is 39.4 Å². The Balaban J connectivity index is 2.41. The summed E-state index contributed by atoms with van der Waals surface area (Å²) in [5.74, 6) is 1.26. The summed E-state index contributed by atoms with van der Waals surface area (Å²) in [6.45, 7) is 1.77. The predicted octanol–water partition coefficient (Wildman–Crippen LogP) is 3.59. The number of carbonyl (C=O) groups is 1. The van der Waals surface area contributed by atoms with Crippen LogP contribution < -0.4 is 4.74 Å². The second-order valence-corrected chi connectivity index (χ2v) is 4.42. The van der Waals surface area contributed by atoms with Gasteiger partial charge in [0.2, 0.25) is 0 Å². The zero-order valence-electron chi connectivity index (χ0n) is 9.49. The fourth-order valence-corrected chi connectivity index (χ4v) is 2.11. The Morgan fingerprint density at radius 1 is 1.29 bits per heavy atom. The highest BCUT2D eigenvalue weighted by atomic mass is 79.9. The predicted molar refractivity (Wildman–Crippen MR) is 67.6 cm³/mol. The van der Waals surface area contributed by atoms with Crippen molar-refractivity contribution in [3.63, 3.8) is 0 Å². The minimum Gasteiger partial charge on any atom is -0.497 e. The van der Waals surface area contributed by atoms with Crippen LogP contribution in [0.2, 0.25) is 0 Å². The third-order valence-corrected chi connectivity index (χ3v) is 3.18. The van der Waals surface area contributed by atoms with Crippen LogP contribution in [0.4, 0.5) is 0 Å². The number of methoxy groups -OCH3 is 1. The highest BCUT2D eigenvalue weighted by Crippen LogP contribution is 2.26. The lowest BCUT2D eigenvalue weighted by molar-refractivity contribution is 0.103. The summed E-state index contributed by atoms with van der Waals surface area (Å²) in [5, 5.41) is 0. The zero-order chi connectivity index (χ0) is 12.4. The maximum atomic E-state index is 12.2. The lowest BCUT2D eigenvalue weighted by Gasteiger charge is -2.05. The Kier molecular flexibility index (Phi) is 3.33. The maximum Gasteiger partial charge on any atom is 0.197 e. The van der Waals surface area contributed by atoms with Crippen LogP contribution in [0.5, 0.6) is 5.75 Å². The van der Waals surface area contributed by atoms with Gasteiger partial charge in [-0.3, -0.25) is 4.79 Å². The number of halogens is 1. The Labute approximate surface area is 108 Å². The summed E-state index contributed by atoms with van der Waals surface area (Å²) in [4.78, 5) is 12.2. The minimum atomic E-state index is -0.0641. The van der Waals surface area contributed by atoms with E-state index in [1.165, 1.54) is 6.26 Å². The Morgan fingerprint density at radius 2 is 2.06 bits per heavy atom. The summed E-state index contributed by atoms with van der Waals surface area (Å²) in [5.41, 5.74) is 1.17. The van der Waals surface area contributed by atoms with Crippen molar-refractivity contribution in [3.05, 3.63) is 51.9 Å². The van der Waals surface area contributed by atoms with Crippen molar-refractivity contribution >= 4 is 21.7 Å². The number of ketones is 1. The standard InChI is InChI=1S/C13H11BrO3/c1-8-10(5-6-17-8)13(15)11-4-3-9(16-2)7-12(11)14/h3-7H,1-2H3. The van der Waals surface area contributed by atoms with E-state index in [0.29, 0.717) is 27.1 Å². The number of furan rings is 1. The SMILES string of the molecule is COc1ccc(C(=O)c2ccoc2C)c(Br)c1. The molecule has 0 fully saturated rings. The van der Waals surface area contributed by atoms with Crippen LogP contribution in [-0.2, 0) is 0 Å². The van der Waals surface area contributed by atoms with E-state index in [-0.39, 0.29) is 5.78 Å². The molecular formula is C13H11BrO3. The molecule has 1 aromatic heterocycles. The number of aryl methyl sites for hydroxylation is 1. The molecule has 3 nitrogen and oxygen atoms in total. The first-order chi connectivity index (χ1) is 8.13. The quantitative estimate of drug-likeness (QED) is 0.812. The van der Waals surface area contributed by atoms with Crippen LogP contribution in [-0.4, -0.2) is 12.9 Å². The van der Waals surface area contributed by atoms with Gasteiger partial charge in [0, 0.05) is 10.0 Å². The lowest BCUT2D eigenvalue weighted by Crippen LogP contribution is -2.02. The maximum absolute atomic E-state index is 12.2. The van der Waals surface area contributed by atoms with E-state index in [0.717, 1.165) is 0 Å². The summed E-state index contributed by atoms with van der Waals surface area (Å²) >= 11 is 3.37. The fourth-order valence-electron chi connectivity index (χ4n) is 1.57. The number of benzene rings is 1. The van der Waals surface area contributed by atoms with Crippen molar-refractivity contribution in [1.29, 1.82) is 0 Å². The molecule has 4 heteroatoms. The second-order valence-electron chi connectivity index (χ2n) is 3.57. The third kappa shape index (κ3) is 2.26. The summed E-state index contributed by atoms with van der Waals surface area (Å²) in [6.07, 6.45) is 1.51. The molecule has 2 rings (SSSR count). The van der Waals surface area contributed by atoms with Crippen LogP contribution >= 0.6 is 15.9 Å². The van der Waals surface area contributed by atoms with Gasteiger partial charge in [-0.1, -0.05) is 0 Å².